The van der Waals surface area contributed by atoms with Gasteiger partial charge in [-0.25, -0.2) is 18.5 Å². The molecule has 2 saturated carbocycles. The molecule has 1 amide bonds. The molecular weight excluding hydrogens is 542 g/mol. The van der Waals surface area contributed by atoms with Crippen molar-refractivity contribution in [3.8, 4) is 5.75 Å². The molecule has 1 unspecified atom stereocenters. The number of amides is 1. The Kier molecular flexibility index (Phi) is 5.82. The first-order chi connectivity index (χ1) is 17.9. The third-order valence-electron chi connectivity index (χ3n) is 7.70. The van der Waals surface area contributed by atoms with Crippen LogP contribution in [0.25, 0.3) is 0 Å². The number of aliphatic hydroxyl groups excluding tert-OH is 1. The van der Waals surface area contributed by atoms with Crippen LogP contribution in [-0.2, 0) is 14.8 Å². The molecule has 4 aliphatic rings. The number of pyridine rings is 1. The van der Waals surface area contributed by atoms with Gasteiger partial charge in [0.2, 0.25) is 5.92 Å². The number of benzene rings is 1. The van der Waals surface area contributed by atoms with Crippen molar-refractivity contribution in [2.24, 2.45) is 5.41 Å². The second-order valence-electron chi connectivity index (χ2n) is 10.9. The van der Waals surface area contributed by atoms with Gasteiger partial charge in [-0.15, -0.1) is 0 Å². The van der Waals surface area contributed by atoms with Crippen LogP contribution < -0.4 is 19.3 Å². The molecule has 38 heavy (non-hydrogen) atoms. The molecule has 2 saturated heterocycles. The fourth-order valence-corrected chi connectivity index (χ4v) is 6.85. The molecule has 0 radical (unpaired) electrons. The lowest BCUT2D eigenvalue weighted by molar-refractivity contribution is -0.170. The fraction of sp³-hybridized carbons (Fsp3) is 0.520. The Morgan fingerprint density at radius 3 is 2.53 bits per heavy atom. The van der Waals surface area contributed by atoms with Gasteiger partial charge in [0.25, 0.3) is 15.9 Å². The van der Waals surface area contributed by atoms with Crippen LogP contribution in [0, 0.1) is 5.41 Å². The lowest BCUT2D eigenvalue weighted by atomic mass is 9.61. The number of halogens is 3. The molecule has 1 aromatic heterocycles. The van der Waals surface area contributed by atoms with Crippen molar-refractivity contribution in [1.82, 2.24) is 9.71 Å². The van der Waals surface area contributed by atoms with Crippen molar-refractivity contribution < 1.29 is 31.8 Å². The van der Waals surface area contributed by atoms with E-state index in [4.69, 9.17) is 16.3 Å². The number of sulfonamides is 1. The van der Waals surface area contributed by atoms with Crippen molar-refractivity contribution in [2.45, 2.75) is 54.8 Å². The zero-order chi connectivity index (χ0) is 26.9. The molecule has 1 spiro atoms. The maximum atomic E-state index is 13.4. The minimum Gasteiger partial charge on any atom is -0.475 e. The van der Waals surface area contributed by atoms with E-state index in [1.54, 1.807) is 29.2 Å². The zero-order valence-electron chi connectivity index (χ0n) is 20.4. The van der Waals surface area contributed by atoms with Crippen LogP contribution in [0.3, 0.4) is 0 Å². The lowest BCUT2D eigenvalue weighted by Gasteiger charge is -2.59. The van der Waals surface area contributed by atoms with Crippen molar-refractivity contribution in [2.75, 3.05) is 36.0 Å². The van der Waals surface area contributed by atoms with Gasteiger partial charge in [-0.2, -0.15) is 8.42 Å². The molecular formula is C25H27ClF2N4O5S. The van der Waals surface area contributed by atoms with E-state index in [-0.39, 0.29) is 17.9 Å². The van der Waals surface area contributed by atoms with Gasteiger partial charge in [0.15, 0.2) is 10.6 Å². The maximum absolute atomic E-state index is 13.4. The summed E-state index contributed by atoms with van der Waals surface area (Å²) >= 11 is 6.19. The number of aromatic nitrogens is 1. The summed E-state index contributed by atoms with van der Waals surface area (Å²) in [5.74, 6) is -2.73. The monoisotopic (exact) mass is 568 g/mol. The second kappa shape index (κ2) is 8.65. The summed E-state index contributed by atoms with van der Waals surface area (Å²) in [6.07, 6.45) is 0.379. The molecule has 2 aromatic rings. The summed E-state index contributed by atoms with van der Waals surface area (Å²) in [4.78, 5) is 21.1. The summed E-state index contributed by atoms with van der Waals surface area (Å²) in [6.45, 7) is 1.79. The van der Waals surface area contributed by atoms with E-state index in [0.717, 1.165) is 0 Å². The average Bonchev–Trinajstić information content (AvgIpc) is 3.47. The van der Waals surface area contributed by atoms with E-state index >= 15 is 0 Å². The number of hydrogen-bond donors (Lipinski definition) is 2. The van der Waals surface area contributed by atoms with Crippen LogP contribution in [0.1, 0.15) is 32.1 Å². The standard InChI is InChI=1S/C25H27ClF2N4O5S/c26-16-4-5-18(32-14-23(15-32)12-25(27,28)13-23)19(10-16)37-24(7-8-24)22(34)30-38(35,36)21-3-1-2-20(29-21)31-9-6-17(33)11-31/h1-5,10,17,33H,6-9,11-15H2,(H,30,34). The minimum atomic E-state index is -4.30. The number of nitrogens with one attached hydrogen (secondary N) is 1. The van der Waals surface area contributed by atoms with E-state index < -0.39 is 39.0 Å². The Labute approximate surface area is 223 Å². The topological polar surface area (TPSA) is 112 Å². The number of rotatable bonds is 7. The largest absolute Gasteiger partial charge is 0.475 e. The Morgan fingerprint density at radius 1 is 1.16 bits per heavy atom. The number of nitrogens with zero attached hydrogens (tertiary/aromatic N) is 3. The normalized spacial score (nSPS) is 24.5. The summed E-state index contributed by atoms with van der Waals surface area (Å²) < 4.78 is 61.2. The van der Waals surface area contributed by atoms with Gasteiger partial charge < -0.3 is 19.6 Å². The van der Waals surface area contributed by atoms with Crippen LogP contribution in [0.2, 0.25) is 5.02 Å². The highest BCUT2D eigenvalue weighted by atomic mass is 35.5. The first-order valence-corrected chi connectivity index (χ1v) is 14.3. The predicted octanol–water partition coefficient (Wildman–Crippen LogP) is 2.96. The number of hydrogen-bond acceptors (Lipinski definition) is 8. The van der Waals surface area contributed by atoms with Crippen LogP contribution >= 0.6 is 11.6 Å². The minimum absolute atomic E-state index is 0.141. The van der Waals surface area contributed by atoms with Gasteiger partial charge in [0.05, 0.1) is 11.8 Å². The van der Waals surface area contributed by atoms with Gasteiger partial charge in [-0.1, -0.05) is 17.7 Å². The van der Waals surface area contributed by atoms with Crippen LogP contribution in [0.5, 0.6) is 5.75 Å². The Bertz CT molecular complexity index is 1390. The highest BCUT2D eigenvalue weighted by Gasteiger charge is 2.62. The molecule has 4 fully saturated rings. The number of β-amino-alcohol motifs (C(OH)–C–C–N with tert-alkyl or cyclic N) is 1. The Balaban J connectivity index is 1.16. The van der Waals surface area contributed by atoms with Gasteiger partial charge >= 0.3 is 0 Å². The molecule has 2 aliphatic carbocycles. The number of anilines is 2. The van der Waals surface area contributed by atoms with Crippen molar-refractivity contribution in [3.05, 3.63) is 41.4 Å². The quantitative estimate of drug-likeness (QED) is 0.524. The number of alkyl halides is 2. The number of carbonyl (C=O) groups is 1. The van der Waals surface area contributed by atoms with E-state index in [1.807, 2.05) is 4.90 Å². The second-order valence-corrected chi connectivity index (χ2v) is 13.0. The SMILES string of the molecule is O=C(NS(=O)(=O)c1cccc(N2CCC(O)C2)n1)C1(Oc2cc(Cl)ccc2N2CC3(C2)CC(F)(F)C3)CC1. The van der Waals surface area contributed by atoms with Crippen LogP contribution in [-0.4, -0.2) is 68.2 Å². The highest BCUT2D eigenvalue weighted by Crippen LogP contribution is 2.58. The summed E-state index contributed by atoms with van der Waals surface area (Å²) in [6, 6.07) is 9.41. The molecule has 9 nitrogen and oxygen atoms in total. The summed E-state index contributed by atoms with van der Waals surface area (Å²) in [5.41, 5.74) is -1.17. The summed E-state index contributed by atoms with van der Waals surface area (Å²) in [5, 5.41) is 9.83. The fourth-order valence-electron chi connectivity index (χ4n) is 5.68. The van der Waals surface area contributed by atoms with Gasteiger partial charge in [-0.3, -0.25) is 4.79 Å². The van der Waals surface area contributed by atoms with E-state index in [1.165, 1.54) is 12.1 Å². The number of aliphatic hydroxyl groups is 1. The van der Waals surface area contributed by atoms with Crippen molar-refractivity contribution in [1.29, 1.82) is 0 Å². The highest BCUT2D eigenvalue weighted by molar-refractivity contribution is 7.90. The molecule has 0 bridgehead atoms. The average molecular weight is 569 g/mol. The molecule has 13 heteroatoms. The molecule has 204 valence electrons. The molecule has 6 rings (SSSR count). The molecule has 2 aliphatic heterocycles. The smallest absolute Gasteiger partial charge is 0.281 e. The number of carbonyl (C=O) groups excluding carboxylic acids is 1. The lowest BCUT2D eigenvalue weighted by Crippen LogP contribution is -2.66. The van der Waals surface area contributed by atoms with Crippen molar-refractivity contribution >= 4 is 39.0 Å². The Morgan fingerprint density at radius 2 is 1.89 bits per heavy atom. The van der Waals surface area contributed by atoms with E-state index in [0.29, 0.717) is 67.7 Å². The van der Waals surface area contributed by atoms with Gasteiger partial charge in [-0.05, 0) is 30.7 Å². The first-order valence-electron chi connectivity index (χ1n) is 12.5. The van der Waals surface area contributed by atoms with Crippen molar-refractivity contribution in [3.63, 3.8) is 0 Å². The zero-order valence-corrected chi connectivity index (χ0v) is 21.9. The van der Waals surface area contributed by atoms with Gasteiger partial charge in [0.1, 0.15) is 11.6 Å². The molecule has 3 heterocycles. The molecule has 2 N–H and O–H groups in total. The number of ether oxygens (including phenoxy) is 1. The van der Waals surface area contributed by atoms with Crippen LogP contribution in [0.15, 0.2) is 41.4 Å². The maximum Gasteiger partial charge on any atom is 0.281 e. The van der Waals surface area contributed by atoms with Crippen LogP contribution in [0.4, 0.5) is 20.3 Å². The predicted molar refractivity (Wildman–Crippen MR) is 135 cm³/mol. The van der Waals surface area contributed by atoms with E-state index in [9.17, 15) is 27.1 Å². The first kappa shape index (κ1) is 25.6. The third-order valence-corrected chi connectivity index (χ3v) is 9.17. The molecule has 1 aromatic carbocycles. The van der Waals surface area contributed by atoms with Gasteiger partial charge in [0, 0.05) is 68.4 Å². The Hall–Kier alpha value is -2.70. The summed E-state index contributed by atoms with van der Waals surface area (Å²) in [7, 11) is -4.30. The molecule has 1 atom stereocenters. The van der Waals surface area contributed by atoms with E-state index in [2.05, 4.69) is 9.71 Å². The third kappa shape index (κ3) is 4.66.